The van der Waals surface area contributed by atoms with E-state index in [1.165, 1.54) is 24.1 Å². The first-order valence-corrected chi connectivity index (χ1v) is 7.43. The summed E-state index contributed by atoms with van der Waals surface area (Å²) in [6.07, 6.45) is 3.90. The fraction of sp³-hybridized carbons (Fsp3) is 0.625. The summed E-state index contributed by atoms with van der Waals surface area (Å²) >= 11 is 0. The van der Waals surface area contributed by atoms with Gasteiger partial charge in [-0.2, -0.15) is 0 Å². The molecule has 0 amide bonds. The minimum absolute atomic E-state index is 0.662. The van der Waals surface area contributed by atoms with Gasteiger partial charge in [-0.05, 0) is 36.8 Å². The van der Waals surface area contributed by atoms with Crippen LogP contribution in [0.5, 0.6) is 0 Å². The minimum Gasteiger partial charge on any atom is -0.385 e. The van der Waals surface area contributed by atoms with Crippen molar-refractivity contribution < 1.29 is 4.74 Å². The Labute approximate surface area is 115 Å². The van der Waals surface area contributed by atoms with Gasteiger partial charge in [0.15, 0.2) is 0 Å². The van der Waals surface area contributed by atoms with Crippen LogP contribution in [0.25, 0.3) is 0 Å². The number of rotatable bonds is 5. The van der Waals surface area contributed by atoms with E-state index in [0.29, 0.717) is 6.04 Å². The highest BCUT2D eigenvalue weighted by molar-refractivity contribution is 5.54. The van der Waals surface area contributed by atoms with Crippen molar-refractivity contribution in [2.75, 3.05) is 31.7 Å². The first kappa shape index (κ1) is 12.9. The Morgan fingerprint density at radius 1 is 1.32 bits per heavy atom. The second-order valence-corrected chi connectivity index (χ2v) is 5.75. The van der Waals surface area contributed by atoms with E-state index in [1.807, 2.05) is 0 Å². The standard InChI is InChI=1S/C16H24N2O/c1-19-10-4-9-18-12-15(13-7-8-13)17-11-14-5-2-3-6-16(14)18/h2-3,5-6,13,15,17H,4,7-12H2,1H3. The van der Waals surface area contributed by atoms with Gasteiger partial charge in [0.1, 0.15) is 0 Å². The fourth-order valence-electron chi connectivity index (χ4n) is 3.04. The van der Waals surface area contributed by atoms with Gasteiger partial charge < -0.3 is 15.0 Å². The van der Waals surface area contributed by atoms with E-state index < -0.39 is 0 Å². The van der Waals surface area contributed by atoms with Crippen LogP contribution in [0.3, 0.4) is 0 Å². The molecule has 0 aromatic heterocycles. The average molecular weight is 260 g/mol. The molecule has 19 heavy (non-hydrogen) atoms. The summed E-state index contributed by atoms with van der Waals surface area (Å²) in [7, 11) is 1.78. The summed E-state index contributed by atoms with van der Waals surface area (Å²) in [5, 5.41) is 3.75. The molecule has 1 fully saturated rings. The third-order valence-corrected chi connectivity index (χ3v) is 4.27. The minimum atomic E-state index is 0.662. The van der Waals surface area contributed by atoms with E-state index in [0.717, 1.165) is 38.6 Å². The Morgan fingerprint density at radius 2 is 2.16 bits per heavy atom. The van der Waals surface area contributed by atoms with E-state index in [1.54, 1.807) is 7.11 Å². The Balaban J connectivity index is 1.75. The number of ether oxygens (including phenoxy) is 1. The molecule has 1 atom stereocenters. The number of para-hydroxylation sites is 1. The molecule has 0 bridgehead atoms. The van der Waals surface area contributed by atoms with Gasteiger partial charge in [-0.25, -0.2) is 0 Å². The van der Waals surface area contributed by atoms with Crippen LogP contribution >= 0.6 is 0 Å². The lowest BCUT2D eigenvalue weighted by Gasteiger charge is -2.27. The molecule has 0 spiro atoms. The predicted molar refractivity (Wildman–Crippen MR) is 78.5 cm³/mol. The molecule has 1 aromatic carbocycles. The zero-order valence-corrected chi connectivity index (χ0v) is 11.8. The number of nitrogens with one attached hydrogen (secondary N) is 1. The zero-order valence-electron chi connectivity index (χ0n) is 11.8. The van der Waals surface area contributed by atoms with Crippen molar-refractivity contribution >= 4 is 5.69 Å². The lowest BCUT2D eigenvalue weighted by Crippen LogP contribution is -2.40. The number of anilines is 1. The number of hydrogen-bond acceptors (Lipinski definition) is 3. The maximum Gasteiger partial charge on any atom is 0.0479 e. The van der Waals surface area contributed by atoms with Crippen LogP contribution in [0.15, 0.2) is 24.3 Å². The maximum atomic E-state index is 5.20. The first-order valence-electron chi connectivity index (χ1n) is 7.43. The van der Waals surface area contributed by atoms with E-state index in [9.17, 15) is 0 Å². The molecule has 1 unspecified atom stereocenters. The summed E-state index contributed by atoms with van der Waals surface area (Å²) in [6, 6.07) is 9.47. The molecule has 1 aliphatic carbocycles. The molecule has 1 aliphatic heterocycles. The highest BCUT2D eigenvalue weighted by atomic mass is 16.5. The quantitative estimate of drug-likeness (QED) is 0.823. The maximum absolute atomic E-state index is 5.20. The molecular formula is C16H24N2O. The molecule has 1 N–H and O–H groups in total. The molecule has 0 saturated heterocycles. The lowest BCUT2D eigenvalue weighted by molar-refractivity contribution is 0.196. The third-order valence-electron chi connectivity index (χ3n) is 4.27. The molecular weight excluding hydrogens is 236 g/mol. The van der Waals surface area contributed by atoms with Crippen LogP contribution in [0.2, 0.25) is 0 Å². The van der Waals surface area contributed by atoms with Gasteiger partial charge in [-0.3, -0.25) is 0 Å². The second-order valence-electron chi connectivity index (χ2n) is 5.75. The molecule has 3 nitrogen and oxygen atoms in total. The van der Waals surface area contributed by atoms with Crippen LogP contribution in [0.1, 0.15) is 24.8 Å². The van der Waals surface area contributed by atoms with Crippen molar-refractivity contribution in [3.05, 3.63) is 29.8 Å². The van der Waals surface area contributed by atoms with Gasteiger partial charge in [0.2, 0.25) is 0 Å². The van der Waals surface area contributed by atoms with Crippen LogP contribution in [0, 0.1) is 5.92 Å². The van der Waals surface area contributed by atoms with Gasteiger partial charge in [0, 0.05) is 45.1 Å². The molecule has 1 saturated carbocycles. The average Bonchev–Trinajstić information content (AvgIpc) is 3.26. The van der Waals surface area contributed by atoms with Gasteiger partial charge >= 0.3 is 0 Å². The zero-order chi connectivity index (χ0) is 13.1. The largest absolute Gasteiger partial charge is 0.385 e. The number of nitrogens with zero attached hydrogens (tertiary/aromatic N) is 1. The molecule has 1 aromatic rings. The second kappa shape index (κ2) is 5.93. The molecule has 1 heterocycles. The van der Waals surface area contributed by atoms with Crippen molar-refractivity contribution in [3.8, 4) is 0 Å². The van der Waals surface area contributed by atoms with Crippen LogP contribution < -0.4 is 10.2 Å². The molecule has 104 valence electrons. The Hall–Kier alpha value is -1.06. The van der Waals surface area contributed by atoms with Crippen LogP contribution in [-0.4, -0.2) is 32.8 Å². The summed E-state index contributed by atoms with van der Waals surface area (Å²) in [5.74, 6) is 0.902. The fourth-order valence-corrected chi connectivity index (χ4v) is 3.04. The van der Waals surface area contributed by atoms with Crippen LogP contribution in [-0.2, 0) is 11.3 Å². The van der Waals surface area contributed by atoms with E-state index in [4.69, 9.17) is 4.74 Å². The van der Waals surface area contributed by atoms with Crippen molar-refractivity contribution in [1.29, 1.82) is 0 Å². The molecule has 0 radical (unpaired) electrons. The normalized spacial score (nSPS) is 23.0. The van der Waals surface area contributed by atoms with Gasteiger partial charge in [0.25, 0.3) is 0 Å². The van der Waals surface area contributed by atoms with Crippen LogP contribution in [0.4, 0.5) is 5.69 Å². The van der Waals surface area contributed by atoms with Gasteiger partial charge in [-0.15, -0.1) is 0 Å². The van der Waals surface area contributed by atoms with Gasteiger partial charge in [-0.1, -0.05) is 18.2 Å². The Morgan fingerprint density at radius 3 is 2.95 bits per heavy atom. The lowest BCUT2D eigenvalue weighted by atomic mass is 10.1. The predicted octanol–water partition coefficient (Wildman–Crippen LogP) is 2.41. The summed E-state index contributed by atoms with van der Waals surface area (Å²) in [4.78, 5) is 2.55. The monoisotopic (exact) mass is 260 g/mol. The summed E-state index contributed by atoms with van der Waals surface area (Å²) in [5.41, 5.74) is 2.84. The first-order chi connectivity index (χ1) is 9.38. The van der Waals surface area contributed by atoms with Gasteiger partial charge in [0.05, 0.1) is 0 Å². The topological polar surface area (TPSA) is 24.5 Å². The molecule has 2 aliphatic rings. The van der Waals surface area contributed by atoms with Crippen molar-refractivity contribution in [2.45, 2.75) is 31.8 Å². The number of fused-ring (bicyclic) bond motifs is 1. The third kappa shape index (κ3) is 3.10. The highest BCUT2D eigenvalue weighted by Gasteiger charge is 2.33. The highest BCUT2D eigenvalue weighted by Crippen LogP contribution is 2.35. The van der Waals surface area contributed by atoms with E-state index >= 15 is 0 Å². The SMILES string of the molecule is COCCCN1CC(C2CC2)NCc2ccccc21. The van der Waals surface area contributed by atoms with Crippen molar-refractivity contribution in [2.24, 2.45) is 5.92 Å². The van der Waals surface area contributed by atoms with Crippen molar-refractivity contribution in [1.82, 2.24) is 5.32 Å². The smallest absolute Gasteiger partial charge is 0.0479 e. The summed E-state index contributed by atoms with van der Waals surface area (Å²) in [6.45, 7) is 4.10. The molecule has 3 rings (SSSR count). The number of benzene rings is 1. The Kier molecular flexibility index (Phi) is 4.04. The molecule has 3 heteroatoms. The van der Waals surface area contributed by atoms with E-state index in [2.05, 4.69) is 34.5 Å². The van der Waals surface area contributed by atoms with Crippen molar-refractivity contribution in [3.63, 3.8) is 0 Å². The summed E-state index contributed by atoms with van der Waals surface area (Å²) < 4.78 is 5.20. The number of hydrogen-bond donors (Lipinski definition) is 1. The number of methoxy groups -OCH3 is 1. The van der Waals surface area contributed by atoms with E-state index in [-0.39, 0.29) is 0 Å². The Bertz CT molecular complexity index is 417.